The van der Waals surface area contributed by atoms with Crippen LogP contribution in [-0.4, -0.2) is 50.8 Å². The molecule has 1 atom stereocenters. The van der Waals surface area contributed by atoms with E-state index in [4.69, 9.17) is 4.42 Å². The monoisotopic (exact) mass is 301 g/mol. The van der Waals surface area contributed by atoms with Crippen LogP contribution in [0.2, 0.25) is 0 Å². The summed E-state index contributed by atoms with van der Waals surface area (Å²) in [6.45, 7) is 2.40. The summed E-state index contributed by atoms with van der Waals surface area (Å²) in [5, 5.41) is 3.13. The van der Waals surface area contributed by atoms with E-state index in [1.165, 1.54) is 4.31 Å². The van der Waals surface area contributed by atoms with Gasteiger partial charge in [0.15, 0.2) is 0 Å². The first-order valence-electron chi connectivity index (χ1n) is 6.91. The molecule has 1 N–H and O–H groups in total. The summed E-state index contributed by atoms with van der Waals surface area (Å²) in [4.78, 5) is 0. The van der Waals surface area contributed by atoms with Crippen molar-refractivity contribution >= 4 is 10.2 Å². The molecule has 0 aromatic carbocycles. The molecular weight excluding hydrogens is 278 g/mol. The molecule has 1 aromatic rings. The van der Waals surface area contributed by atoms with Gasteiger partial charge in [0.1, 0.15) is 0 Å². The second kappa shape index (κ2) is 6.71. The van der Waals surface area contributed by atoms with Crippen molar-refractivity contribution in [1.82, 2.24) is 13.9 Å². The number of hydrogen-bond donors (Lipinski definition) is 1. The van der Waals surface area contributed by atoms with Gasteiger partial charge in [-0.1, -0.05) is 0 Å². The van der Waals surface area contributed by atoms with E-state index in [1.54, 1.807) is 29.9 Å². The van der Waals surface area contributed by atoms with Crippen molar-refractivity contribution < 1.29 is 12.8 Å². The average molecular weight is 301 g/mol. The van der Waals surface area contributed by atoms with Gasteiger partial charge in [-0.05, 0) is 38.4 Å². The second-order valence-electron chi connectivity index (χ2n) is 5.32. The number of hydrogen-bond acceptors (Lipinski definition) is 4. The van der Waals surface area contributed by atoms with E-state index >= 15 is 0 Å². The minimum absolute atomic E-state index is 0.339. The van der Waals surface area contributed by atoms with Gasteiger partial charge in [0.05, 0.1) is 12.5 Å². The minimum Gasteiger partial charge on any atom is -0.472 e. The zero-order valence-corrected chi connectivity index (χ0v) is 12.9. The first-order valence-corrected chi connectivity index (χ1v) is 8.31. The lowest BCUT2D eigenvalue weighted by Crippen LogP contribution is -2.47. The van der Waals surface area contributed by atoms with E-state index in [1.807, 2.05) is 7.05 Å². The van der Waals surface area contributed by atoms with Crippen LogP contribution >= 0.6 is 0 Å². The summed E-state index contributed by atoms with van der Waals surface area (Å²) >= 11 is 0. The van der Waals surface area contributed by atoms with Gasteiger partial charge >= 0.3 is 0 Å². The number of nitrogens with zero attached hydrogens (tertiary/aromatic N) is 2. The van der Waals surface area contributed by atoms with Gasteiger partial charge in [0, 0.05) is 32.2 Å². The Labute approximate surface area is 120 Å². The number of rotatable bonds is 6. The molecule has 20 heavy (non-hydrogen) atoms. The van der Waals surface area contributed by atoms with E-state index in [0.29, 0.717) is 25.6 Å². The standard InChI is InChI=1S/C13H23N3O3S/c1-14-8-12-4-3-6-16(10-12)20(17,18)15(2)9-13-5-7-19-11-13/h5,7,11-12,14H,3-4,6,8-10H2,1-2H3. The van der Waals surface area contributed by atoms with Gasteiger partial charge < -0.3 is 9.73 Å². The van der Waals surface area contributed by atoms with Crippen LogP contribution < -0.4 is 5.32 Å². The summed E-state index contributed by atoms with van der Waals surface area (Å²) in [6, 6.07) is 1.78. The molecule has 2 heterocycles. The van der Waals surface area contributed by atoms with Crippen LogP contribution in [-0.2, 0) is 16.8 Å². The Balaban J connectivity index is 2.01. The molecule has 2 rings (SSSR count). The Morgan fingerprint density at radius 2 is 2.35 bits per heavy atom. The van der Waals surface area contributed by atoms with Gasteiger partial charge in [-0.15, -0.1) is 0 Å². The summed E-state index contributed by atoms with van der Waals surface area (Å²) in [7, 11) is 0.124. The van der Waals surface area contributed by atoms with Crippen LogP contribution in [0.15, 0.2) is 23.0 Å². The lowest BCUT2D eigenvalue weighted by Gasteiger charge is -2.34. The van der Waals surface area contributed by atoms with Crippen molar-refractivity contribution in [3.05, 3.63) is 24.2 Å². The van der Waals surface area contributed by atoms with Crippen molar-refractivity contribution in [2.24, 2.45) is 5.92 Å². The summed E-state index contributed by atoms with van der Waals surface area (Å²) < 4.78 is 33.1. The van der Waals surface area contributed by atoms with Crippen molar-refractivity contribution in [2.75, 3.05) is 33.7 Å². The fourth-order valence-electron chi connectivity index (χ4n) is 2.61. The third-order valence-electron chi connectivity index (χ3n) is 3.68. The Hall–Kier alpha value is -0.890. The SMILES string of the molecule is CNCC1CCCN(S(=O)(=O)N(C)Cc2ccoc2)C1. The van der Waals surface area contributed by atoms with Gasteiger partial charge in [-0.2, -0.15) is 17.0 Å². The Kier molecular flexibility index (Phi) is 5.20. The maximum Gasteiger partial charge on any atom is 0.282 e. The predicted octanol–water partition coefficient (Wildman–Crippen LogP) is 0.888. The molecule has 1 aliphatic heterocycles. The zero-order valence-electron chi connectivity index (χ0n) is 12.1. The largest absolute Gasteiger partial charge is 0.472 e. The predicted molar refractivity (Wildman–Crippen MR) is 77.3 cm³/mol. The highest BCUT2D eigenvalue weighted by Crippen LogP contribution is 2.21. The quantitative estimate of drug-likeness (QED) is 0.847. The minimum atomic E-state index is -3.39. The van der Waals surface area contributed by atoms with Crippen LogP contribution in [0, 0.1) is 5.92 Å². The molecule has 0 spiro atoms. The van der Waals surface area contributed by atoms with Crippen LogP contribution in [0.1, 0.15) is 18.4 Å². The first kappa shape index (κ1) is 15.5. The molecule has 7 heteroatoms. The average Bonchev–Trinajstić information content (AvgIpc) is 2.92. The van der Waals surface area contributed by atoms with Crippen molar-refractivity contribution in [1.29, 1.82) is 0 Å². The molecule has 114 valence electrons. The fraction of sp³-hybridized carbons (Fsp3) is 0.692. The van der Waals surface area contributed by atoms with Crippen molar-refractivity contribution in [3.63, 3.8) is 0 Å². The summed E-state index contributed by atoms with van der Waals surface area (Å²) in [6.07, 6.45) is 5.13. The smallest absolute Gasteiger partial charge is 0.282 e. The molecule has 1 aliphatic rings. The highest BCUT2D eigenvalue weighted by atomic mass is 32.2. The van der Waals surface area contributed by atoms with E-state index in [9.17, 15) is 8.42 Å². The number of piperidine rings is 1. The third-order valence-corrected chi connectivity index (χ3v) is 5.58. The van der Waals surface area contributed by atoms with Crippen LogP contribution in [0.4, 0.5) is 0 Å². The molecule has 6 nitrogen and oxygen atoms in total. The molecule has 0 bridgehead atoms. The molecule has 1 saturated heterocycles. The Bertz CT molecular complexity index is 499. The Morgan fingerprint density at radius 3 is 3.00 bits per heavy atom. The third kappa shape index (κ3) is 3.60. The normalized spacial score (nSPS) is 21.4. The molecule has 0 amide bonds. The van der Waals surface area contributed by atoms with Gasteiger partial charge in [0.2, 0.25) is 0 Å². The van der Waals surface area contributed by atoms with E-state index in [0.717, 1.165) is 24.9 Å². The van der Waals surface area contributed by atoms with Gasteiger partial charge in [-0.3, -0.25) is 0 Å². The van der Waals surface area contributed by atoms with Gasteiger partial charge in [-0.25, -0.2) is 0 Å². The fourth-order valence-corrected chi connectivity index (χ4v) is 4.08. The molecule has 1 fully saturated rings. The second-order valence-corrected chi connectivity index (χ2v) is 7.35. The molecule has 0 saturated carbocycles. The zero-order chi connectivity index (χ0) is 14.6. The topological polar surface area (TPSA) is 65.8 Å². The van der Waals surface area contributed by atoms with E-state index in [2.05, 4.69) is 5.32 Å². The maximum atomic E-state index is 12.6. The van der Waals surface area contributed by atoms with E-state index < -0.39 is 10.2 Å². The number of nitrogens with one attached hydrogen (secondary N) is 1. The molecule has 1 aromatic heterocycles. The maximum absolute atomic E-state index is 12.6. The van der Waals surface area contributed by atoms with Crippen molar-refractivity contribution in [2.45, 2.75) is 19.4 Å². The molecule has 0 radical (unpaired) electrons. The number of furan rings is 1. The van der Waals surface area contributed by atoms with Crippen LogP contribution in [0.25, 0.3) is 0 Å². The van der Waals surface area contributed by atoms with Crippen LogP contribution in [0.5, 0.6) is 0 Å². The molecule has 1 unspecified atom stereocenters. The van der Waals surface area contributed by atoms with E-state index in [-0.39, 0.29) is 0 Å². The first-order chi connectivity index (χ1) is 9.54. The van der Waals surface area contributed by atoms with Gasteiger partial charge in [0.25, 0.3) is 10.2 Å². The van der Waals surface area contributed by atoms with Crippen molar-refractivity contribution in [3.8, 4) is 0 Å². The van der Waals surface area contributed by atoms with Crippen LogP contribution in [0.3, 0.4) is 0 Å². The Morgan fingerprint density at radius 1 is 1.55 bits per heavy atom. The molecule has 0 aliphatic carbocycles. The highest BCUT2D eigenvalue weighted by Gasteiger charge is 2.31. The highest BCUT2D eigenvalue weighted by molar-refractivity contribution is 7.86. The molecular formula is C13H23N3O3S. The summed E-state index contributed by atoms with van der Waals surface area (Å²) in [5.74, 6) is 0.394. The summed E-state index contributed by atoms with van der Waals surface area (Å²) in [5.41, 5.74) is 0.861. The lowest BCUT2D eigenvalue weighted by molar-refractivity contribution is 0.248. The lowest BCUT2D eigenvalue weighted by atomic mass is 10.00.